The molecule has 0 aromatic carbocycles. The lowest BCUT2D eigenvalue weighted by Gasteiger charge is -2.10. The number of nitrogens with one attached hydrogen (secondary N) is 1. The van der Waals surface area contributed by atoms with E-state index in [1.54, 1.807) is 18.6 Å². The van der Waals surface area contributed by atoms with Crippen LogP contribution in [0.2, 0.25) is 0 Å². The van der Waals surface area contributed by atoms with Gasteiger partial charge in [0.1, 0.15) is 5.75 Å². The topological polar surface area (TPSA) is 47.0 Å². The van der Waals surface area contributed by atoms with Crippen molar-refractivity contribution in [3.63, 3.8) is 0 Å². The van der Waals surface area contributed by atoms with Gasteiger partial charge in [0.25, 0.3) is 0 Å². The summed E-state index contributed by atoms with van der Waals surface area (Å²) in [5, 5.41) is 3.11. The molecule has 4 nitrogen and oxygen atoms in total. The zero-order valence-corrected chi connectivity index (χ0v) is 10.5. The van der Waals surface area contributed by atoms with Gasteiger partial charge in [-0.25, -0.2) is 0 Å². The molecule has 0 spiro atoms. The zero-order valence-electron chi connectivity index (χ0n) is 10.5. The molecule has 1 N–H and O–H groups in total. The van der Waals surface area contributed by atoms with E-state index in [0.29, 0.717) is 6.61 Å². The van der Waals surface area contributed by atoms with Crippen molar-refractivity contribution >= 4 is 0 Å². The predicted molar refractivity (Wildman–Crippen MR) is 70.4 cm³/mol. The maximum absolute atomic E-state index is 5.75. The molecular weight excluding hydrogens is 226 g/mol. The molecule has 0 aliphatic rings. The maximum Gasteiger partial charge on any atom is 0.142 e. The zero-order chi connectivity index (χ0) is 12.6. The Kier molecular flexibility index (Phi) is 4.67. The monoisotopic (exact) mass is 243 g/mol. The smallest absolute Gasteiger partial charge is 0.142 e. The van der Waals surface area contributed by atoms with E-state index in [1.807, 2.05) is 31.3 Å². The summed E-state index contributed by atoms with van der Waals surface area (Å²) >= 11 is 0. The molecule has 0 fully saturated rings. The molecule has 18 heavy (non-hydrogen) atoms. The molecule has 2 aromatic rings. The van der Waals surface area contributed by atoms with Crippen LogP contribution in [-0.2, 0) is 13.0 Å². The number of hydrogen-bond donors (Lipinski definition) is 1. The summed E-state index contributed by atoms with van der Waals surface area (Å²) < 4.78 is 5.75. The van der Waals surface area contributed by atoms with Gasteiger partial charge in [0.15, 0.2) is 0 Å². The highest BCUT2D eigenvalue weighted by atomic mass is 16.5. The highest BCUT2D eigenvalue weighted by Gasteiger charge is 2.02. The summed E-state index contributed by atoms with van der Waals surface area (Å²) in [5.41, 5.74) is 2.16. The minimum Gasteiger partial charge on any atom is -0.491 e. The summed E-state index contributed by atoms with van der Waals surface area (Å²) in [6.07, 6.45) is 6.13. The third-order valence-corrected chi connectivity index (χ3v) is 2.58. The molecule has 0 radical (unpaired) electrons. The minimum absolute atomic E-state index is 0.611. The van der Waals surface area contributed by atoms with E-state index < -0.39 is 0 Å². The van der Waals surface area contributed by atoms with E-state index >= 15 is 0 Å². The third kappa shape index (κ3) is 3.53. The Morgan fingerprint density at radius 2 is 2.17 bits per heavy atom. The van der Waals surface area contributed by atoms with Crippen molar-refractivity contribution in [1.29, 1.82) is 0 Å². The van der Waals surface area contributed by atoms with Crippen molar-refractivity contribution in [1.82, 2.24) is 15.3 Å². The highest BCUT2D eigenvalue weighted by Crippen LogP contribution is 2.16. The van der Waals surface area contributed by atoms with Gasteiger partial charge in [0.05, 0.1) is 12.8 Å². The summed E-state index contributed by atoms with van der Waals surface area (Å²) in [5.74, 6) is 0.836. The summed E-state index contributed by atoms with van der Waals surface area (Å²) in [6, 6.07) is 7.86. The Morgan fingerprint density at radius 3 is 2.94 bits per heavy atom. The van der Waals surface area contributed by atoms with Gasteiger partial charge in [-0.2, -0.15) is 0 Å². The first-order valence-corrected chi connectivity index (χ1v) is 6.00. The van der Waals surface area contributed by atoms with Crippen LogP contribution in [0.25, 0.3) is 0 Å². The molecule has 0 bridgehead atoms. The summed E-state index contributed by atoms with van der Waals surface area (Å²) in [4.78, 5) is 8.35. The molecule has 94 valence electrons. The van der Waals surface area contributed by atoms with Gasteiger partial charge in [0, 0.05) is 36.6 Å². The van der Waals surface area contributed by atoms with Gasteiger partial charge in [0.2, 0.25) is 0 Å². The number of ether oxygens (including phenoxy) is 1. The van der Waals surface area contributed by atoms with Crippen molar-refractivity contribution in [2.45, 2.75) is 13.0 Å². The fourth-order valence-electron chi connectivity index (χ4n) is 1.69. The van der Waals surface area contributed by atoms with Gasteiger partial charge >= 0.3 is 0 Å². The molecule has 0 amide bonds. The van der Waals surface area contributed by atoms with E-state index in [2.05, 4.69) is 15.3 Å². The first-order valence-electron chi connectivity index (χ1n) is 6.00. The fourth-order valence-corrected chi connectivity index (χ4v) is 1.69. The van der Waals surface area contributed by atoms with Gasteiger partial charge in [-0.1, -0.05) is 6.07 Å². The van der Waals surface area contributed by atoms with Crippen molar-refractivity contribution in [3.05, 3.63) is 54.1 Å². The number of pyridine rings is 2. The lowest BCUT2D eigenvalue weighted by atomic mass is 10.2. The number of aromatic nitrogens is 2. The molecule has 2 rings (SSSR count). The average Bonchev–Trinajstić information content (AvgIpc) is 2.42. The predicted octanol–water partition coefficient (Wildman–Crippen LogP) is 1.82. The van der Waals surface area contributed by atoms with E-state index in [9.17, 15) is 0 Å². The van der Waals surface area contributed by atoms with Crippen molar-refractivity contribution in [2.75, 3.05) is 13.7 Å². The van der Waals surface area contributed by atoms with Crippen molar-refractivity contribution in [3.8, 4) is 5.75 Å². The van der Waals surface area contributed by atoms with Crippen LogP contribution >= 0.6 is 0 Å². The molecule has 0 saturated heterocycles. The van der Waals surface area contributed by atoms with Crippen LogP contribution in [0, 0.1) is 0 Å². The van der Waals surface area contributed by atoms with Crippen molar-refractivity contribution < 1.29 is 4.74 Å². The molecule has 2 heterocycles. The largest absolute Gasteiger partial charge is 0.491 e. The summed E-state index contributed by atoms with van der Waals surface area (Å²) in [7, 11) is 1.91. The van der Waals surface area contributed by atoms with Gasteiger partial charge in [-0.05, 0) is 25.2 Å². The molecule has 2 aromatic heterocycles. The van der Waals surface area contributed by atoms with Crippen LogP contribution in [0.4, 0.5) is 0 Å². The molecule has 0 aliphatic heterocycles. The number of nitrogens with zero attached hydrogens (tertiary/aromatic N) is 2. The Labute approximate surface area is 107 Å². The van der Waals surface area contributed by atoms with E-state index in [0.717, 1.165) is 30.0 Å². The first-order chi connectivity index (χ1) is 8.90. The second-order valence-corrected chi connectivity index (χ2v) is 3.93. The van der Waals surface area contributed by atoms with Gasteiger partial charge < -0.3 is 10.1 Å². The molecular formula is C14H17N3O. The van der Waals surface area contributed by atoms with Crippen LogP contribution in [0.15, 0.2) is 42.9 Å². The Morgan fingerprint density at radius 1 is 1.22 bits per heavy atom. The van der Waals surface area contributed by atoms with E-state index in [4.69, 9.17) is 4.74 Å². The molecule has 0 atom stereocenters. The average molecular weight is 243 g/mol. The van der Waals surface area contributed by atoms with Crippen LogP contribution in [0.3, 0.4) is 0 Å². The second kappa shape index (κ2) is 6.71. The van der Waals surface area contributed by atoms with Crippen LogP contribution < -0.4 is 10.1 Å². The fraction of sp³-hybridized carbons (Fsp3) is 0.286. The van der Waals surface area contributed by atoms with E-state index in [-0.39, 0.29) is 0 Å². The lowest BCUT2D eigenvalue weighted by molar-refractivity contribution is 0.315. The SMILES string of the molecule is CNCc1ccncc1OCCc1ccccn1. The van der Waals surface area contributed by atoms with Crippen LogP contribution in [0.1, 0.15) is 11.3 Å². The molecule has 4 heteroatoms. The highest BCUT2D eigenvalue weighted by molar-refractivity contribution is 5.29. The molecule has 0 aliphatic carbocycles. The minimum atomic E-state index is 0.611. The first kappa shape index (κ1) is 12.5. The maximum atomic E-state index is 5.75. The number of hydrogen-bond acceptors (Lipinski definition) is 4. The van der Waals surface area contributed by atoms with Crippen LogP contribution in [-0.4, -0.2) is 23.6 Å². The third-order valence-electron chi connectivity index (χ3n) is 2.58. The molecule has 0 unspecified atom stereocenters. The Bertz CT molecular complexity index is 473. The number of rotatable bonds is 6. The summed E-state index contributed by atoms with van der Waals surface area (Å²) in [6.45, 7) is 1.39. The molecule has 0 saturated carbocycles. The van der Waals surface area contributed by atoms with Gasteiger partial charge in [-0.3, -0.25) is 9.97 Å². The Balaban J connectivity index is 1.90. The van der Waals surface area contributed by atoms with Crippen LogP contribution in [0.5, 0.6) is 5.75 Å². The van der Waals surface area contributed by atoms with Gasteiger partial charge in [-0.15, -0.1) is 0 Å². The quantitative estimate of drug-likeness (QED) is 0.840. The lowest BCUT2D eigenvalue weighted by Crippen LogP contribution is -2.09. The Hall–Kier alpha value is -1.94. The second-order valence-electron chi connectivity index (χ2n) is 3.93. The van der Waals surface area contributed by atoms with Crippen molar-refractivity contribution in [2.24, 2.45) is 0 Å². The van der Waals surface area contributed by atoms with E-state index in [1.165, 1.54) is 0 Å². The standard InChI is InChI=1S/C14H17N3O/c1-15-10-12-5-8-16-11-14(12)18-9-6-13-4-2-3-7-17-13/h2-5,7-8,11,15H,6,9-10H2,1H3. The normalized spacial score (nSPS) is 10.3.